The van der Waals surface area contributed by atoms with Crippen LogP contribution in [0.2, 0.25) is 10.0 Å². The van der Waals surface area contributed by atoms with Gasteiger partial charge in [0.25, 0.3) is 0 Å². The molecule has 0 spiro atoms. The fourth-order valence-corrected chi connectivity index (χ4v) is 4.24. The number of hydrogen-bond donors (Lipinski definition) is 2. The van der Waals surface area contributed by atoms with E-state index in [1.165, 1.54) is 0 Å². The van der Waals surface area contributed by atoms with Gasteiger partial charge < -0.3 is 0 Å². The quantitative estimate of drug-likeness (QED) is 0.494. The molecule has 1 unspecified atom stereocenters. The van der Waals surface area contributed by atoms with E-state index in [1.54, 1.807) is 23.5 Å². The summed E-state index contributed by atoms with van der Waals surface area (Å²) < 4.78 is 2.06. The predicted octanol–water partition coefficient (Wildman–Crippen LogP) is 5.33. The highest BCUT2D eigenvalue weighted by molar-refractivity contribution is 9.13. The van der Waals surface area contributed by atoms with Crippen molar-refractivity contribution >= 4 is 66.4 Å². The predicted molar refractivity (Wildman–Crippen MR) is 89.9 cm³/mol. The lowest BCUT2D eigenvalue weighted by Gasteiger charge is -2.15. The Morgan fingerprint density at radius 1 is 1.26 bits per heavy atom. The molecule has 0 fully saturated rings. The van der Waals surface area contributed by atoms with Gasteiger partial charge in [-0.15, -0.1) is 11.3 Å². The van der Waals surface area contributed by atoms with E-state index < -0.39 is 0 Å². The standard InChI is InChI=1S/C12H10Br2Cl2N2S/c13-8-5-11(19-12(8)14)10(18-17)4-6-3-7(15)1-2-9(6)16/h1-3,5,10,18H,4,17H2. The summed E-state index contributed by atoms with van der Waals surface area (Å²) in [5.74, 6) is 5.65. The molecule has 2 rings (SSSR count). The van der Waals surface area contributed by atoms with Gasteiger partial charge in [-0.3, -0.25) is 11.3 Å². The average molecular weight is 445 g/mol. The first kappa shape index (κ1) is 15.8. The monoisotopic (exact) mass is 442 g/mol. The number of halogens is 4. The first-order chi connectivity index (χ1) is 9.01. The molecular formula is C12H10Br2Cl2N2S. The van der Waals surface area contributed by atoms with E-state index >= 15 is 0 Å². The van der Waals surface area contributed by atoms with Gasteiger partial charge >= 0.3 is 0 Å². The zero-order chi connectivity index (χ0) is 14.0. The summed E-state index contributed by atoms with van der Waals surface area (Å²) in [6, 6.07) is 7.47. The highest BCUT2D eigenvalue weighted by atomic mass is 79.9. The maximum Gasteiger partial charge on any atom is 0.0843 e. The van der Waals surface area contributed by atoms with Crippen molar-refractivity contribution in [1.29, 1.82) is 0 Å². The molecule has 1 aromatic heterocycles. The molecule has 0 amide bonds. The molecule has 0 saturated carbocycles. The Hall–Kier alpha value is 0.380. The van der Waals surface area contributed by atoms with Crippen LogP contribution in [0, 0.1) is 0 Å². The second-order valence-corrected chi connectivity index (χ2v) is 8.03. The van der Waals surface area contributed by atoms with Crippen LogP contribution in [0.4, 0.5) is 0 Å². The van der Waals surface area contributed by atoms with Crippen molar-refractivity contribution in [3.8, 4) is 0 Å². The molecular weight excluding hydrogens is 435 g/mol. The maximum atomic E-state index is 6.18. The topological polar surface area (TPSA) is 38.0 Å². The van der Waals surface area contributed by atoms with Gasteiger partial charge in [-0.2, -0.15) is 0 Å². The first-order valence-corrected chi connectivity index (χ1v) is 8.52. The molecule has 7 heteroatoms. The van der Waals surface area contributed by atoms with Crippen molar-refractivity contribution in [2.24, 2.45) is 5.84 Å². The molecule has 0 saturated heterocycles. The van der Waals surface area contributed by atoms with E-state index in [0.29, 0.717) is 16.5 Å². The molecule has 0 aliphatic heterocycles. The third-order valence-electron chi connectivity index (χ3n) is 2.64. The average Bonchev–Trinajstić information content (AvgIpc) is 2.70. The highest BCUT2D eigenvalue weighted by Crippen LogP contribution is 2.37. The van der Waals surface area contributed by atoms with Crippen LogP contribution in [0.1, 0.15) is 16.5 Å². The largest absolute Gasteiger partial charge is 0.271 e. The molecule has 1 atom stereocenters. The number of nitrogens with one attached hydrogen (secondary N) is 1. The number of thiophene rings is 1. The molecule has 102 valence electrons. The number of benzene rings is 1. The van der Waals surface area contributed by atoms with Crippen molar-refractivity contribution in [3.05, 3.63) is 53.0 Å². The first-order valence-electron chi connectivity index (χ1n) is 5.36. The van der Waals surface area contributed by atoms with Gasteiger partial charge in [-0.25, -0.2) is 0 Å². The van der Waals surface area contributed by atoms with Crippen LogP contribution < -0.4 is 11.3 Å². The Labute approximate surface area is 142 Å². The molecule has 0 bridgehead atoms. The van der Waals surface area contributed by atoms with Crippen molar-refractivity contribution in [2.45, 2.75) is 12.5 Å². The highest BCUT2D eigenvalue weighted by Gasteiger charge is 2.16. The Morgan fingerprint density at radius 2 is 2.00 bits per heavy atom. The summed E-state index contributed by atoms with van der Waals surface area (Å²) in [6.07, 6.45) is 0.676. The van der Waals surface area contributed by atoms with Crippen molar-refractivity contribution in [1.82, 2.24) is 5.43 Å². The van der Waals surface area contributed by atoms with E-state index in [-0.39, 0.29) is 6.04 Å². The second kappa shape index (κ2) is 6.89. The zero-order valence-corrected chi connectivity index (χ0v) is 15.1. The number of hydrogen-bond acceptors (Lipinski definition) is 3. The normalized spacial score (nSPS) is 12.7. The van der Waals surface area contributed by atoms with Crippen LogP contribution >= 0.6 is 66.4 Å². The lowest BCUT2D eigenvalue weighted by molar-refractivity contribution is 0.560. The van der Waals surface area contributed by atoms with Crippen LogP contribution in [-0.2, 0) is 6.42 Å². The van der Waals surface area contributed by atoms with Crippen molar-refractivity contribution in [2.75, 3.05) is 0 Å². The molecule has 1 aromatic carbocycles. The molecule has 0 aliphatic rings. The van der Waals surface area contributed by atoms with E-state index in [4.69, 9.17) is 29.0 Å². The molecule has 1 heterocycles. The van der Waals surface area contributed by atoms with Crippen molar-refractivity contribution < 1.29 is 0 Å². The Balaban J connectivity index is 2.26. The summed E-state index contributed by atoms with van der Waals surface area (Å²) in [4.78, 5) is 1.12. The molecule has 0 aliphatic carbocycles. The lowest BCUT2D eigenvalue weighted by atomic mass is 10.1. The van der Waals surface area contributed by atoms with Crippen LogP contribution in [-0.4, -0.2) is 0 Å². The fraction of sp³-hybridized carbons (Fsp3) is 0.167. The minimum absolute atomic E-state index is 0.0106. The number of nitrogens with two attached hydrogens (primary N) is 1. The number of hydrazine groups is 1. The fourth-order valence-electron chi connectivity index (χ4n) is 1.70. The van der Waals surface area contributed by atoms with Crippen molar-refractivity contribution in [3.63, 3.8) is 0 Å². The van der Waals surface area contributed by atoms with E-state index in [2.05, 4.69) is 37.3 Å². The third-order valence-corrected chi connectivity index (χ3v) is 6.61. The third kappa shape index (κ3) is 3.94. The number of rotatable bonds is 4. The molecule has 0 radical (unpaired) electrons. The minimum atomic E-state index is -0.0106. The van der Waals surface area contributed by atoms with Gasteiger partial charge in [0.15, 0.2) is 0 Å². The van der Waals surface area contributed by atoms with Gasteiger partial charge in [-0.1, -0.05) is 23.2 Å². The second-order valence-electron chi connectivity index (χ2n) is 3.93. The molecule has 3 N–H and O–H groups in total. The van der Waals surface area contributed by atoms with E-state index in [1.807, 2.05) is 12.1 Å². The Bertz CT molecular complexity index is 570. The Kier molecular flexibility index (Phi) is 5.72. The molecule has 2 nitrogen and oxygen atoms in total. The van der Waals surface area contributed by atoms with Crippen LogP contribution in [0.15, 0.2) is 32.5 Å². The van der Waals surface area contributed by atoms with Crippen LogP contribution in [0.5, 0.6) is 0 Å². The SMILES string of the molecule is NNC(Cc1cc(Cl)ccc1Cl)c1cc(Br)c(Br)s1. The van der Waals surface area contributed by atoms with Crippen LogP contribution in [0.25, 0.3) is 0 Å². The molecule has 19 heavy (non-hydrogen) atoms. The summed E-state index contributed by atoms with van der Waals surface area (Å²) in [5.41, 5.74) is 3.79. The van der Waals surface area contributed by atoms with Crippen LogP contribution in [0.3, 0.4) is 0 Å². The summed E-state index contributed by atoms with van der Waals surface area (Å²) in [6.45, 7) is 0. The van der Waals surface area contributed by atoms with Gasteiger partial charge in [0, 0.05) is 19.4 Å². The Morgan fingerprint density at radius 3 is 2.58 bits per heavy atom. The van der Waals surface area contributed by atoms with Gasteiger partial charge in [0.2, 0.25) is 0 Å². The van der Waals surface area contributed by atoms with E-state index in [0.717, 1.165) is 18.7 Å². The lowest BCUT2D eigenvalue weighted by Crippen LogP contribution is -2.29. The van der Waals surface area contributed by atoms with Gasteiger partial charge in [-0.05, 0) is 68.1 Å². The summed E-state index contributed by atoms with van der Waals surface area (Å²) in [7, 11) is 0. The summed E-state index contributed by atoms with van der Waals surface area (Å²) in [5, 5.41) is 1.36. The maximum absolute atomic E-state index is 6.18. The minimum Gasteiger partial charge on any atom is -0.271 e. The smallest absolute Gasteiger partial charge is 0.0843 e. The van der Waals surface area contributed by atoms with E-state index in [9.17, 15) is 0 Å². The zero-order valence-electron chi connectivity index (χ0n) is 9.59. The van der Waals surface area contributed by atoms with Gasteiger partial charge in [0.05, 0.1) is 9.83 Å². The molecule has 2 aromatic rings. The summed E-state index contributed by atoms with van der Waals surface area (Å²) >= 11 is 20.8. The van der Waals surface area contributed by atoms with Gasteiger partial charge in [0.1, 0.15) is 0 Å².